The average Bonchev–Trinajstić information content (AvgIpc) is 2.49. The molecule has 1 aromatic heterocycles. The average molecular weight is 351 g/mol. The van der Waals surface area contributed by atoms with Gasteiger partial charge in [-0.25, -0.2) is 0 Å². The molecule has 1 aromatic carbocycles. The number of hydrogen-bond acceptors (Lipinski definition) is 6. The smallest absolute Gasteiger partial charge is 0.273 e. The molecule has 7 heteroatoms. The molecule has 0 bridgehead atoms. The van der Waals surface area contributed by atoms with E-state index in [1.54, 1.807) is 25.6 Å². The highest BCUT2D eigenvalue weighted by Crippen LogP contribution is 2.25. The Morgan fingerprint density at radius 3 is 2.70 bits per heavy atom. The zero-order chi connectivity index (χ0) is 17.0. The fourth-order valence-electron chi connectivity index (χ4n) is 1.98. The first-order chi connectivity index (χ1) is 10.8. The largest absolute Gasteiger partial charge is 0.470 e. The summed E-state index contributed by atoms with van der Waals surface area (Å²) < 4.78 is 5.81. The SMILES string of the molecule is CSc1cnc2ccc(OC(SC)C(=O)NC(C)(C)N)cc2c1. The molecule has 0 radical (unpaired) electrons. The van der Waals surface area contributed by atoms with E-state index in [1.807, 2.05) is 36.9 Å². The Kier molecular flexibility index (Phi) is 5.78. The maximum atomic E-state index is 12.2. The summed E-state index contributed by atoms with van der Waals surface area (Å²) in [5.41, 5.74) is 5.27. The van der Waals surface area contributed by atoms with Crippen molar-refractivity contribution in [1.29, 1.82) is 0 Å². The van der Waals surface area contributed by atoms with Crippen LogP contribution in [0.25, 0.3) is 10.9 Å². The number of amides is 1. The molecular formula is C16H21N3O2S2. The summed E-state index contributed by atoms with van der Waals surface area (Å²) in [5, 5.41) is 3.70. The van der Waals surface area contributed by atoms with Gasteiger partial charge < -0.3 is 15.8 Å². The minimum Gasteiger partial charge on any atom is -0.470 e. The van der Waals surface area contributed by atoms with E-state index in [-0.39, 0.29) is 5.91 Å². The van der Waals surface area contributed by atoms with Crippen LogP contribution in [0.3, 0.4) is 0 Å². The van der Waals surface area contributed by atoms with Gasteiger partial charge in [-0.1, -0.05) is 0 Å². The summed E-state index contributed by atoms with van der Waals surface area (Å²) in [5.74, 6) is 0.378. The highest BCUT2D eigenvalue weighted by atomic mass is 32.2. The maximum absolute atomic E-state index is 12.2. The number of ether oxygens (including phenoxy) is 1. The predicted molar refractivity (Wildman–Crippen MR) is 97.9 cm³/mol. The van der Waals surface area contributed by atoms with Crippen LogP contribution < -0.4 is 15.8 Å². The highest BCUT2D eigenvalue weighted by Gasteiger charge is 2.24. The molecule has 0 saturated heterocycles. The lowest BCUT2D eigenvalue weighted by molar-refractivity contribution is -0.126. The van der Waals surface area contributed by atoms with Gasteiger partial charge in [-0.05, 0) is 50.6 Å². The third-order valence-electron chi connectivity index (χ3n) is 2.98. The molecule has 0 saturated carbocycles. The molecule has 124 valence electrons. The number of fused-ring (bicyclic) bond motifs is 1. The van der Waals surface area contributed by atoms with Crippen LogP contribution >= 0.6 is 23.5 Å². The van der Waals surface area contributed by atoms with Crippen molar-refractivity contribution in [3.05, 3.63) is 30.5 Å². The van der Waals surface area contributed by atoms with Crippen molar-refractivity contribution in [1.82, 2.24) is 10.3 Å². The van der Waals surface area contributed by atoms with Crippen molar-refractivity contribution in [3.63, 3.8) is 0 Å². The van der Waals surface area contributed by atoms with E-state index < -0.39 is 11.1 Å². The first kappa shape index (κ1) is 17.9. The predicted octanol–water partition coefficient (Wildman–Crippen LogP) is 2.84. The fourth-order valence-corrected chi connectivity index (χ4v) is 2.87. The first-order valence-corrected chi connectivity index (χ1v) is 9.58. The van der Waals surface area contributed by atoms with Gasteiger partial charge in [-0.2, -0.15) is 0 Å². The molecule has 0 aliphatic carbocycles. The van der Waals surface area contributed by atoms with Gasteiger partial charge >= 0.3 is 0 Å². The molecule has 0 aliphatic heterocycles. The molecule has 23 heavy (non-hydrogen) atoms. The van der Waals surface area contributed by atoms with Gasteiger partial charge in [0.2, 0.25) is 5.44 Å². The van der Waals surface area contributed by atoms with Gasteiger partial charge in [0.25, 0.3) is 5.91 Å². The molecule has 1 amide bonds. The van der Waals surface area contributed by atoms with Crippen molar-refractivity contribution in [3.8, 4) is 5.75 Å². The standard InChI is InChI=1S/C16H21N3O2S2/c1-16(2,17)19-14(20)15(23-4)21-11-5-6-13-10(7-11)8-12(22-3)9-18-13/h5-9,15H,17H2,1-4H3,(H,19,20). The van der Waals surface area contributed by atoms with E-state index in [4.69, 9.17) is 10.5 Å². The van der Waals surface area contributed by atoms with Crippen LogP contribution in [0.15, 0.2) is 35.4 Å². The second kappa shape index (κ2) is 7.42. The molecular weight excluding hydrogens is 330 g/mol. The lowest BCUT2D eigenvalue weighted by atomic mass is 10.2. The summed E-state index contributed by atoms with van der Waals surface area (Å²) in [6.45, 7) is 3.46. The number of hydrogen-bond donors (Lipinski definition) is 2. The zero-order valence-electron chi connectivity index (χ0n) is 13.6. The molecule has 0 fully saturated rings. The first-order valence-electron chi connectivity index (χ1n) is 7.06. The number of benzene rings is 1. The van der Waals surface area contributed by atoms with E-state index >= 15 is 0 Å². The van der Waals surface area contributed by atoms with E-state index in [2.05, 4.69) is 16.4 Å². The number of carbonyl (C=O) groups excluding carboxylic acids is 1. The molecule has 5 nitrogen and oxygen atoms in total. The second-order valence-electron chi connectivity index (χ2n) is 5.63. The summed E-state index contributed by atoms with van der Waals surface area (Å²) in [7, 11) is 0. The molecule has 1 atom stereocenters. The van der Waals surface area contributed by atoms with Crippen molar-refractivity contribution in [2.24, 2.45) is 5.73 Å². The van der Waals surface area contributed by atoms with Gasteiger partial charge in [0.15, 0.2) is 0 Å². The van der Waals surface area contributed by atoms with Crippen LogP contribution in [0, 0.1) is 0 Å². The molecule has 2 aromatic rings. The Bertz CT molecular complexity index is 701. The van der Waals surface area contributed by atoms with Crippen LogP contribution in [-0.4, -0.2) is 34.5 Å². The van der Waals surface area contributed by atoms with Crippen LogP contribution in [0.4, 0.5) is 0 Å². The second-order valence-corrected chi connectivity index (χ2v) is 7.41. The number of nitrogens with one attached hydrogen (secondary N) is 1. The molecule has 0 spiro atoms. The number of thioether (sulfide) groups is 2. The van der Waals surface area contributed by atoms with Gasteiger partial charge in [0.05, 0.1) is 11.2 Å². The van der Waals surface area contributed by atoms with Gasteiger partial charge in [0.1, 0.15) is 5.75 Å². The third-order valence-corrected chi connectivity index (χ3v) is 4.41. The number of rotatable bonds is 6. The Hall–Kier alpha value is -1.44. The lowest BCUT2D eigenvalue weighted by Crippen LogP contribution is -2.54. The number of pyridine rings is 1. The Morgan fingerprint density at radius 1 is 1.35 bits per heavy atom. The van der Waals surface area contributed by atoms with E-state index in [9.17, 15) is 4.79 Å². The van der Waals surface area contributed by atoms with Crippen LogP contribution in [0.2, 0.25) is 0 Å². The molecule has 0 aliphatic rings. The van der Waals surface area contributed by atoms with E-state index in [1.165, 1.54) is 11.8 Å². The third kappa shape index (κ3) is 5.02. The minimum absolute atomic E-state index is 0.249. The number of aromatic nitrogens is 1. The molecule has 3 N–H and O–H groups in total. The normalized spacial score (nSPS) is 12.9. The minimum atomic E-state index is -0.783. The van der Waals surface area contributed by atoms with Crippen molar-refractivity contribution < 1.29 is 9.53 Å². The number of nitrogens with two attached hydrogens (primary N) is 1. The summed E-state index contributed by atoms with van der Waals surface area (Å²) in [6.07, 6.45) is 5.67. The van der Waals surface area contributed by atoms with Gasteiger partial charge in [-0.3, -0.25) is 9.78 Å². The highest BCUT2D eigenvalue weighted by molar-refractivity contribution is 7.99. The topological polar surface area (TPSA) is 77.2 Å². The van der Waals surface area contributed by atoms with Crippen molar-refractivity contribution >= 4 is 40.3 Å². The van der Waals surface area contributed by atoms with Crippen LogP contribution in [0.1, 0.15) is 13.8 Å². The Balaban J connectivity index is 2.20. The van der Waals surface area contributed by atoms with Crippen LogP contribution in [0.5, 0.6) is 5.75 Å². The Labute approximate surface area is 144 Å². The molecule has 1 unspecified atom stereocenters. The number of carbonyl (C=O) groups is 1. The zero-order valence-corrected chi connectivity index (χ0v) is 15.3. The van der Waals surface area contributed by atoms with Gasteiger partial charge in [0, 0.05) is 16.5 Å². The van der Waals surface area contributed by atoms with Crippen molar-refractivity contribution in [2.75, 3.05) is 12.5 Å². The van der Waals surface area contributed by atoms with Crippen molar-refractivity contribution in [2.45, 2.75) is 29.8 Å². The summed E-state index contributed by atoms with van der Waals surface area (Å²) >= 11 is 2.95. The van der Waals surface area contributed by atoms with Crippen LogP contribution in [-0.2, 0) is 4.79 Å². The summed E-state index contributed by atoms with van der Waals surface area (Å²) in [4.78, 5) is 17.7. The molecule has 1 heterocycles. The van der Waals surface area contributed by atoms with Gasteiger partial charge in [-0.15, -0.1) is 23.5 Å². The Morgan fingerprint density at radius 2 is 2.09 bits per heavy atom. The quantitative estimate of drug-likeness (QED) is 0.615. The summed E-state index contributed by atoms with van der Waals surface area (Å²) in [6, 6.07) is 7.65. The molecule has 2 rings (SSSR count). The fraction of sp³-hybridized carbons (Fsp3) is 0.375. The van der Waals surface area contributed by atoms with E-state index in [0.717, 1.165) is 15.8 Å². The lowest BCUT2D eigenvalue weighted by Gasteiger charge is -2.24. The maximum Gasteiger partial charge on any atom is 0.273 e. The van der Waals surface area contributed by atoms with E-state index in [0.29, 0.717) is 5.75 Å². The number of nitrogens with zero attached hydrogens (tertiary/aromatic N) is 1. The monoisotopic (exact) mass is 351 g/mol.